The standard InChI is InChI=1S/C17H24IN3O5/c1-9-11(25-14(23)16(2,3)4)10-12(19-9)21(8-20(18)13(10)22)26-15(24)17(5,6)7/h19H,8H2,1-7H3. The summed E-state index contributed by atoms with van der Waals surface area (Å²) in [6.07, 6.45) is 0. The van der Waals surface area contributed by atoms with Gasteiger partial charge in [0.05, 0.1) is 39.4 Å². The van der Waals surface area contributed by atoms with E-state index in [0.717, 1.165) is 0 Å². The monoisotopic (exact) mass is 477 g/mol. The summed E-state index contributed by atoms with van der Waals surface area (Å²) >= 11 is 1.83. The molecule has 8 nitrogen and oxygen atoms in total. The number of esters is 1. The zero-order valence-electron chi connectivity index (χ0n) is 16.0. The van der Waals surface area contributed by atoms with E-state index in [4.69, 9.17) is 9.57 Å². The van der Waals surface area contributed by atoms with E-state index in [2.05, 4.69) is 4.98 Å². The normalized spacial score (nSPS) is 15.0. The van der Waals surface area contributed by atoms with Crippen LogP contribution in [0.4, 0.5) is 5.82 Å². The summed E-state index contributed by atoms with van der Waals surface area (Å²) in [7, 11) is 0. The Morgan fingerprint density at radius 1 is 1.08 bits per heavy atom. The maximum atomic E-state index is 12.7. The number of aromatic nitrogens is 1. The lowest BCUT2D eigenvalue weighted by Gasteiger charge is -2.32. The van der Waals surface area contributed by atoms with Crippen LogP contribution in [0.3, 0.4) is 0 Å². The van der Waals surface area contributed by atoms with Crippen LogP contribution >= 0.6 is 22.9 Å². The number of rotatable bonds is 2. The summed E-state index contributed by atoms with van der Waals surface area (Å²) in [6, 6.07) is 0. The molecule has 1 aromatic rings. The van der Waals surface area contributed by atoms with E-state index < -0.39 is 22.8 Å². The molecular formula is C17H24IN3O5. The number of aromatic amines is 1. The molecule has 0 saturated heterocycles. The number of carbonyl (C=O) groups is 3. The number of hydroxylamine groups is 1. The second-order valence-corrected chi connectivity index (χ2v) is 9.42. The van der Waals surface area contributed by atoms with E-state index in [9.17, 15) is 14.4 Å². The van der Waals surface area contributed by atoms with Gasteiger partial charge in [-0.1, -0.05) is 0 Å². The van der Waals surface area contributed by atoms with Crippen molar-refractivity contribution in [1.82, 2.24) is 8.10 Å². The lowest BCUT2D eigenvalue weighted by molar-refractivity contribution is -0.155. The first-order valence-corrected chi connectivity index (χ1v) is 9.12. The highest BCUT2D eigenvalue weighted by atomic mass is 127. The zero-order valence-corrected chi connectivity index (χ0v) is 18.2. The molecule has 9 heteroatoms. The van der Waals surface area contributed by atoms with Gasteiger partial charge in [-0.25, -0.2) is 4.79 Å². The smallest absolute Gasteiger partial charge is 0.337 e. The predicted octanol–water partition coefficient (Wildman–Crippen LogP) is 3.35. The number of carbonyl (C=O) groups excluding carboxylic acids is 3. The highest BCUT2D eigenvalue weighted by Gasteiger charge is 2.39. The summed E-state index contributed by atoms with van der Waals surface area (Å²) in [5, 5.41) is 1.30. The molecule has 144 valence electrons. The Bertz CT molecular complexity index is 758. The van der Waals surface area contributed by atoms with E-state index in [1.165, 1.54) is 8.18 Å². The van der Waals surface area contributed by atoms with Crippen molar-refractivity contribution in [3.05, 3.63) is 11.3 Å². The maximum Gasteiger partial charge on any atom is 0.337 e. The van der Waals surface area contributed by atoms with Crippen LogP contribution in [-0.4, -0.2) is 32.6 Å². The number of amides is 1. The van der Waals surface area contributed by atoms with Gasteiger partial charge in [-0.3, -0.25) is 12.7 Å². The van der Waals surface area contributed by atoms with Gasteiger partial charge in [0.25, 0.3) is 5.91 Å². The number of anilines is 1. The Morgan fingerprint density at radius 2 is 1.62 bits per heavy atom. The molecule has 26 heavy (non-hydrogen) atoms. The molecule has 0 aromatic carbocycles. The Kier molecular flexibility index (Phi) is 5.33. The lowest BCUT2D eigenvalue weighted by atomic mass is 9.97. The molecule has 0 fully saturated rings. The maximum absolute atomic E-state index is 12.7. The van der Waals surface area contributed by atoms with Gasteiger partial charge >= 0.3 is 11.9 Å². The van der Waals surface area contributed by atoms with Gasteiger partial charge < -0.3 is 14.6 Å². The SMILES string of the molecule is Cc1[nH]c2c(c1OC(=O)C(C)(C)C)C(=O)N(I)CN2OC(=O)C(C)(C)C. The number of nitrogens with one attached hydrogen (secondary N) is 1. The number of nitrogens with zero attached hydrogens (tertiary/aromatic N) is 2. The number of ether oxygens (including phenoxy) is 1. The Labute approximate surface area is 166 Å². The first-order chi connectivity index (χ1) is 11.7. The molecule has 0 radical (unpaired) electrons. The number of aryl methyl sites for hydroxylation is 1. The minimum Gasteiger partial charge on any atom is -0.423 e. The predicted molar refractivity (Wildman–Crippen MR) is 104 cm³/mol. The molecular weight excluding hydrogens is 453 g/mol. The molecule has 0 saturated carbocycles. The van der Waals surface area contributed by atoms with Crippen molar-refractivity contribution in [2.75, 3.05) is 11.7 Å². The van der Waals surface area contributed by atoms with Crippen molar-refractivity contribution in [3.63, 3.8) is 0 Å². The first-order valence-electron chi connectivity index (χ1n) is 8.16. The summed E-state index contributed by atoms with van der Waals surface area (Å²) in [5.74, 6) is -0.773. The number of fused-ring (bicyclic) bond motifs is 1. The van der Waals surface area contributed by atoms with Gasteiger partial charge in [0, 0.05) is 0 Å². The third-order valence-corrected chi connectivity index (χ3v) is 4.40. The molecule has 1 aliphatic heterocycles. The molecule has 0 spiro atoms. The van der Waals surface area contributed by atoms with Crippen LogP contribution in [-0.2, 0) is 14.4 Å². The van der Waals surface area contributed by atoms with Crippen LogP contribution in [0.2, 0.25) is 0 Å². The molecule has 1 N–H and O–H groups in total. The molecule has 1 aromatic heterocycles. The van der Waals surface area contributed by atoms with Crippen LogP contribution < -0.4 is 9.80 Å². The van der Waals surface area contributed by atoms with Gasteiger partial charge in [0.2, 0.25) is 0 Å². The van der Waals surface area contributed by atoms with Crippen molar-refractivity contribution < 1.29 is 24.0 Å². The fraction of sp³-hybridized carbons (Fsp3) is 0.588. The van der Waals surface area contributed by atoms with Gasteiger partial charge in [0.1, 0.15) is 12.2 Å². The quantitative estimate of drug-likeness (QED) is 0.399. The van der Waals surface area contributed by atoms with Crippen molar-refractivity contribution in [2.45, 2.75) is 48.5 Å². The Hall–Kier alpha value is -1.78. The largest absolute Gasteiger partial charge is 0.423 e. The van der Waals surface area contributed by atoms with E-state index in [0.29, 0.717) is 11.5 Å². The van der Waals surface area contributed by atoms with Crippen LogP contribution in [0.5, 0.6) is 5.75 Å². The van der Waals surface area contributed by atoms with Crippen molar-refractivity contribution in [2.24, 2.45) is 10.8 Å². The number of halogens is 1. The van der Waals surface area contributed by atoms with Crippen molar-refractivity contribution in [1.29, 1.82) is 0 Å². The summed E-state index contributed by atoms with van der Waals surface area (Å²) in [6.45, 7) is 12.2. The number of H-pyrrole nitrogens is 1. The minimum absolute atomic E-state index is 0.0564. The van der Waals surface area contributed by atoms with Crippen LogP contribution in [0.25, 0.3) is 0 Å². The van der Waals surface area contributed by atoms with E-state index in [1.54, 1.807) is 48.5 Å². The second-order valence-electron chi connectivity index (χ2n) is 8.26. The molecule has 1 amide bonds. The second kappa shape index (κ2) is 6.75. The summed E-state index contributed by atoms with van der Waals surface area (Å²) in [5.41, 5.74) is -0.760. The van der Waals surface area contributed by atoms with Crippen molar-refractivity contribution >= 4 is 46.5 Å². The van der Waals surface area contributed by atoms with E-state index >= 15 is 0 Å². The van der Waals surface area contributed by atoms with Crippen LogP contribution in [0, 0.1) is 17.8 Å². The van der Waals surface area contributed by atoms with Gasteiger partial charge in [-0.2, -0.15) is 5.06 Å². The Morgan fingerprint density at radius 3 is 2.12 bits per heavy atom. The third-order valence-electron chi connectivity index (χ3n) is 3.66. The highest BCUT2D eigenvalue weighted by Crippen LogP contribution is 2.39. The number of hydrogen-bond donors (Lipinski definition) is 1. The Balaban J connectivity index is 2.44. The first kappa shape index (κ1) is 20.5. The molecule has 2 rings (SSSR count). The van der Waals surface area contributed by atoms with E-state index in [-0.39, 0.29) is 23.9 Å². The third kappa shape index (κ3) is 3.97. The van der Waals surface area contributed by atoms with Gasteiger partial charge in [-0.15, -0.1) is 0 Å². The van der Waals surface area contributed by atoms with Crippen LogP contribution in [0.1, 0.15) is 57.6 Å². The van der Waals surface area contributed by atoms with Gasteiger partial charge in [0.15, 0.2) is 11.6 Å². The fourth-order valence-corrected chi connectivity index (χ4v) is 2.55. The highest BCUT2D eigenvalue weighted by molar-refractivity contribution is 14.1. The fourth-order valence-electron chi connectivity index (χ4n) is 2.03. The molecule has 1 aliphatic rings. The average Bonchev–Trinajstić information content (AvgIpc) is 2.80. The minimum atomic E-state index is -0.725. The lowest BCUT2D eigenvalue weighted by Crippen LogP contribution is -2.44. The molecule has 0 atom stereocenters. The van der Waals surface area contributed by atoms with Crippen LogP contribution in [0.15, 0.2) is 0 Å². The molecule has 0 bridgehead atoms. The van der Waals surface area contributed by atoms with Crippen molar-refractivity contribution in [3.8, 4) is 5.75 Å². The molecule has 0 aliphatic carbocycles. The summed E-state index contributed by atoms with van der Waals surface area (Å²) in [4.78, 5) is 45.7. The topological polar surface area (TPSA) is 91.9 Å². The molecule has 0 unspecified atom stereocenters. The van der Waals surface area contributed by atoms with Gasteiger partial charge in [-0.05, 0) is 48.5 Å². The van der Waals surface area contributed by atoms with E-state index in [1.807, 2.05) is 22.9 Å². The number of hydrogen-bond acceptors (Lipinski definition) is 6. The molecule has 2 heterocycles. The summed E-state index contributed by atoms with van der Waals surface area (Å²) < 4.78 is 6.86. The zero-order chi connectivity index (χ0) is 20.0. The average molecular weight is 477 g/mol.